The molecule has 1 unspecified atom stereocenters. The van der Waals surface area contributed by atoms with Crippen molar-refractivity contribution in [3.8, 4) is 0 Å². The van der Waals surface area contributed by atoms with Crippen molar-refractivity contribution < 1.29 is 14.3 Å². The zero-order valence-corrected chi connectivity index (χ0v) is 13.8. The van der Waals surface area contributed by atoms with E-state index >= 15 is 0 Å². The van der Waals surface area contributed by atoms with Crippen LogP contribution in [0.2, 0.25) is 5.02 Å². The third-order valence-corrected chi connectivity index (χ3v) is 3.77. The lowest BCUT2D eigenvalue weighted by molar-refractivity contribution is 0.0600. The Bertz CT molecular complexity index is 698. The van der Waals surface area contributed by atoms with Crippen molar-refractivity contribution >= 4 is 23.5 Å². The first-order chi connectivity index (χ1) is 11.0. The van der Waals surface area contributed by atoms with Crippen molar-refractivity contribution in [1.29, 1.82) is 0 Å². The largest absolute Gasteiger partial charge is 0.465 e. The quantitative estimate of drug-likeness (QED) is 0.842. The molecule has 1 amide bonds. The van der Waals surface area contributed by atoms with Crippen molar-refractivity contribution in [2.45, 2.75) is 19.4 Å². The van der Waals surface area contributed by atoms with E-state index in [4.69, 9.17) is 11.6 Å². The van der Waals surface area contributed by atoms with Gasteiger partial charge in [-0.2, -0.15) is 0 Å². The number of esters is 1. The number of hydrogen-bond acceptors (Lipinski definition) is 3. The summed E-state index contributed by atoms with van der Waals surface area (Å²) >= 11 is 6.00. The molecular formula is C18H18ClNO3. The summed E-state index contributed by atoms with van der Waals surface area (Å²) < 4.78 is 4.64. The van der Waals surface area contributed by atoms with Crippen LogP contribution in [0.5, 0.6) is 0 Å². The Morgan fingerprint density at radius 3 is 2.35 bits per heavy atom. The lowest BCUT2D eigenvalue weighted by Crippen LogP contribution is -2.28. The summed E-state index contributed by atoms with van der Waals surface area (Å²) in [4.78, 5) is 23.8. The molecule has 1 atom stereocenters. The number of benzene rings is 2. The van der Waals surface area contributed by atoms with Crippen LogP contribution in [0.1, 0.15) is 45.7 Å². The first-order valence-electron chi connectivity index (χ1n) is 7.30. The second kappa shape index (κ2) is 7.79. The van der Waals surface area contributed by atoms with Crippen LogP contribution in [0.15, 0.2) is 48.5 Å². The van der Waals surface area contributed by atoms with Crippen molar-refractivity contribution in [3.05, 3.63) is 70.2 Å². The van der Waals surface area contributed by atoms with Gasteiger partial charge in [-0.3, -0.25) is 4.79 Å². The molecule has 0 heterocycles. The Balaban J connectivity index is 2.12. The molecule has 0 bridgehead atoms. The third kappa shape index (κ3) is 4.33. The molecule has 4 nitrogen and oxygen atoms in total. The monoisotopic (exact) mass is 331 g/mol. The summed E-state index contributed by atoms with van der Waals surface area (Å²) in [6.07, 6.45) is 0.742. The van der Waals surface area contributed by atoms with Gasteiger partial charge in [-0.15, -0.1) is 0 Å². The Morgan fingerprint density at radius 1 is 1.13 bits per heavy atom. The molecule has 0 fully saturated rings. The summed E-state index contributed by atoms with van der Waals surface area (Å²) in [5, 5.41) is 3.61. The smallest absolute Gasteiger partial charge is 0.337 e. The van der Waals surface area contributed by atoms with Gasteiger partial charge in [-0.25, -0.2) is 4.79 Å². The number of hydrogen-bond donors (Lipinski definition) is 1. The number of carbonyl (C=O) groups excluding carboxylic acids is 2. The Kier molecular flexibility index (Phi) is 5.77. The molecule has 0 saturated carbocycles. The fourth-order valence-electron chi connectivity index (χ4n) is 2.26. The minimum atomic E-state index is -0.428. The summed E-state index contributed by atoms with van der Waals surface area (Å²) in [5.74, 6) is -0.629. The standard InChI is InChI=1S/C18H18ClNO3/c1-3-16(14-5-4-6-15(19)11-14)20-17(21)12-7-9-13(10-8-12)18(22)23-2/h4-11,16H,3H2,1-2H3,(H,20,21). The van der Waals surface area contributed by atoms with Crippen LogP contribution in [0.3, 0.4) is 0 Å². The van der Waals surface area contributed by atoms with E-state index in [-0.39, 0.29) is 11.9 Å². The van der Waals surface area contributed by atoms with E-state index in [1.165, 1.54) is 7.11 Å². The maximum absolute atomic E-state index is 12.4. The molecule has 0 aliphatic rings. The zero-order valence-electron chi connectivity index (χ0n) is 13.0. The number of amides is 1. The van der Waals surface area contributed by atoms with Crippen molar-refractivity contribution in [1.82, 2.24) is 5.32 Å². The molecule has 120 valence electrons. The van der Waals surface area contributed by atoms with Gasteiger partial charge in [0.25, 0.3) is 5.91 Å². The number of nitrogens with one attached hydrogen (secondary N) is 1. The summed E-state index contributed by atoms with van der Waals surface area (Å²) in [6, 6.07) is 13.7. The maximum Gasteiger partial charge on any atom is 0.337 e. The molecule has 5 heteroatoms. The molecular weight excluding hydrogens is 314 g/mol. The Labute approximate surface area is 140 Å². The van der Waals surface area contributed by atoms with E-state index < -0.39 is 5.97 Å². The van der Waals surface area contributed by atoms with E-state index in [1.807, 2.05) is 25.1 Å². The van der Waals surface area contributed by atoms with Gasteiger partial charge in [0.05, 0.1) is 18.7 Å². The van der Waals surface area contributed by atoms with E-state index in [9.17, 15) is 9.59 Å². The average Bonchev–Trinajstić information content (AvgIpc) is 2.58. The van der Waals surface area contributed by atoms with Crippen LogP contribution >= 0.6 is 11.6 Å². The SMILES string of the molecule is CCC(NC(=O)c1ccc(C(=O)OC)cc1)c1cccc(Cl)c1. The van der Waals surface area contributed by atoms with Crippen molar-refractivity contribution in [2.75, 3.05) is 7.11 Å². The first kappa shape index (κ1) is 17.0. The molecule has 1 N–H and O–H groups in total. The summed E-state index contributed by atoms with van der Waals surface area (Å²) in [6.45, 7) is 1.99. The number of carbonyl (C=O) groups is 2. The van der Waals surface area contributed by atoms with Gasteiger partial charge in [-0.1, -0.05) is 30.7 Å². The predicted molar refractivity (Wildman–Crippen MR) is 89.7 cm³/mol. The fourth-order valence-corrected chi connectivity index (χ4v) is 2.46. The molecule has 0 saturated heterocycles. The normalized spacial score (nSPS) is 11.6. The Hall–Kier alpha value is -2.33. The molecule has 0 aromatic heterocycles. The molecule has 23 heavy (non-hydrogen) atoms. The van der Waals surface area contributed by atoms with E-state index in [0.717, 1.165) is 12.0 Å². The first-order valence-corrected chi connectivity index (χ1v) is 7.67. The molecule has 0 aliphatic heterocycles. The average molecular weight is 332 g/mol. The van der Waals surface area contributed by atoms with Crippen molar-refractivity contribution in [2.24, 2.45) is 0 Å². The van der Waals surface area contributed by atoms with Crippen LogP contribution in [0.25, 0.3) is 0 Å². The van der Waals surface area contributed by atoms with Crippen molar-refractivity contribution in [3.63, 3.8) is 0 Å². The number of halogens is 1. The third-order valence-electron chi connectivity index (χ3n) is 3.53. The predicted octanol–water partition coefficient (Wildman–Crippen LogP) is 4.01. The molecule has 0 aliphatic carbocycles. The topological polar surface area (TPSA) is 55.4 Å². The maximum atomic E-state index is 12.4. The second-order valence-corrected chi connectivity index (χ2v) is 5.49. The lowest BCUT2D eigenvalue weighted by Gasteiger charge is -2.18. The highest BCUT2D eigenvalue weighted by atomic mass is 35.5. The molecule has 0 radical (unpaired) electrons. The molecule has 2 aromatic rings. The fraction of sp³-hybridized carbons (Fsp3) is 0.222. The van der Waals surface area contributed by atoms with Gasteiger partial charge in [0.15, 0.2) is 0 Å². The number of rotatable bonds is 5. The van der Waals surface area contributed by atoms with Crippen LogP contribution in [0, 0.1) is 0 Å². The van der Waals surface area contributed by atoms with E-state index in [1.54, 1.807) is 30.3 Å². The molecule has 2 aromatic carbocycles. The molecule has 2 rings (SSSR count). The number of methoxy groups -OCH3 is 1. The second-order valence-electron chi connectivity index (χ2n) is 5.06. The lowest BCUT2D eigenvalue weighted by atomic mass is 10.0. The van der Waals surface area contributed by atoms with Gasteiger partial charge in [0.2, 0.25) is 0 Å². The van der Waals surface area contributed by atoms with Gasteiger partial charge in [0.1, 0.15) is 0 Å². The van der Waals surface area contributed by atoms with E-state index in [0.29, 0.717) is 16.1 Å². The highest BCUT2D eigenvalue weighted by Gasteiger charge is 2.15. The minimum Gasteiger partial charge on any atom is -0.465 e. The van der Waals surface area contributed by atoms with E-state index in [2.05, 4.69) is 10.1 Å². The summed E-state index contributed by atoms with van der Waals surface area (Å²) in [5.41, 5.74) is 1.85. The van der Waals surface area contributed by atoms with Gasteiger partial charge in [-0.05, 0) is 48.4 Å². The van der Waals surface area contributed by atoms with Gasteiger partial charge >= 0.3 is 5.97 Å². The van der Waals surface area contributed by atoms with Gasteiger partial charge in [0, 0.05) is 10.6 Å². The Morgan fingerprint density at radius 2 is 1.78 bits per heavy atom. The van der Waals surface area contributed by atoms with Crippen LogP contribution < -0.4 is 5.32 Å². The van der Waals surface area contributed by atoms with Crippen LogP contribution in [-0.2, 0) is 4.74 Å². The van der Waals surface area contributed by atoms with Crippen LogP contribution in [-0.4, -0.2) is 19.0 Å². The highest BCUT2D eigenvalue weighted by Crippen LogP contribution is 2.21. The molecule has 0 spiro atoms. The highest BCUT2D eigenvalue weighted by molar-refractivity contribution is 6.30. The number of ether oxygens (including phenoxy) is 1. The van der Waals surface area contributed by atoms with Gasteiger partial charge < -0.3 is 10.1 Å². The zero-order chi connectivity index (χ0) is 16.8. The van der Waals surface area contributed by atoms with Crippen LogP contribution in [0.4, 0.5) is 0 Å². The minimum absolute atomic E-state index is 0.124. The summed E-state index contributed by atoms with van der Waals surface area (Å²) in [7, 11) is 1.32.